The number of rotatable bonds is 5. The molecule has 7 nitrogen and oxygen atoms in total. The number of hydrogen-bond acceptors (Lipinski definition) is 5. The van der Waals surface area contributed by atoms with E-state index in [0.29, 0.717) is 22.6 Å². The summed E-state index contributed by atoms with van der Waals surface area (Å²) in [7, 11) is 0. The molecule has 186 valence electrons. The minimum absolute atomic E-state index is 0.0445. The average Bonchev–Trinajstić information content (AvgIpc) is 3.49. The molecular weight excluding hydrogens is 471 g/mol. The van der Waals surface area contributed by atoms with E-state index in [4.69, 9.17) is 7.26 Å². The summed E-state index contributed by atoms with van der Waals surface area (Å²) in [6.07, 6.45) is -1.53. The zero-order valence-electron chi connectivity index (χ0n) is 20.9. The number of alkyl halides is 5. The van der Waals surface area contributed by atoms with E-state index in [1.807, 2.05) is 0 Å². The van der Waals surface area contributed by atoms with Gasteiger partial charge in [0.15, 0.2) is 0 Å². The minimum Gasteiger partial charge on any atom is -0.361 e. The van der Waals surface area contributed by atoms with E-state index in [9.17, 15) is 22.0 Å². The molecule has 35 heavy (non-hydrogen) atoms. The molecule has 12 heteroatoms. The van der Waals surface area contributed by atoms with E-state index in [1.165, 1.54) is 18.6 Å². The second-order valence-corrected chi connectivity index (χ2v) is 8.85. The van der Waals surface area contributed by atoms with E-state index in [2.05, 4.69) is 20.3 Å². The van der Waals surface area contributed by atoms with Gasteiger partial charge in [0.05, 0.1) is 20.1 Å². The number of pyridine rings is 1. The molecule has 1 fully saturated rings. The lowest BCUT2D eigenvalue weighted by Gasteiger charge is -2.28. The molecule has 4 aromatic heterocycles. The summed E-state index contributed by atoms with van der Waals surface area (Å²) in [6.45, 7) is -0.00554. The van der Waals surface area contributed by atoms with Gasteiger partial charge in [-0.05, 0) is 38.7 Å². The molecule has 0 atom stereocenters. The van der Waals surface area contributed by atoms with Crippen molar-refractivity contribution in [3.05, 3.63) is 36.1 Å². The third-order valence-electron chi connectivity index (χ3n) is 6.11. The number of hydrogen-bond donors (Lipinski definition) is 0. The Morgan fingerprint density at radius 3 is 2.57 bits per heavy atom. The van der Waals surface area contributed by atoms with Gasteiger partial charge in [0.1, 0.15) is 23.5 Å². The van der Waals surface area contributed by atoms with Gasteiger partial charge in [-0.1, -0.05) is 5.16 Å². The highest BCUT2D eigenvalue weighted by Gasteiger charge is 2.35. The Morgan fingerprint density at radius 1 is 1.17 bits per heavy atom. The number of aryl methyl sites for hydroxylation is 2. The topological polar surface area (TPSA) is 74.6 Å². The quantitative estimate of drug-likeness (QED) is 0.319. The molecule has 5 rings (SSSR count). The normalized spacial score (nSPS) is 18.1. The summed E-state index contributed by atoms with van der Waals surface area (Å²) < 4.78 is 91.0. The SMILES string of the molecule is [2H]C([2H])(C1CCC(F)(F)CC1)n1nc(-c2cnn(CC(F)(F)F)c2)c2ncc(-c3c(C)noc3C)cc21. The Bertz CT molecular complexity index is 1430. The maximum atomic E-state index is 13.8. The zero-order chi connectivity index (χ0) is 26.8. The molecule has 0 aromatic carbocycles. The van der Waals surface area contributed by atoms with Gasteiger partial charge in [-0.2, -0.15) is 23.4 Å². The van der Waals surface area contributed by atoms with Crippen LogP contribution in [-0.2, 0) is 13.0 Å². The average molecular weight is 496 g/mol. The molecule has 0 aliphatic heterocycles. The Morgan fingerprint density at radius 2 is 1.91 bits per heavy atom. The van der Waals surface area contributed by atoms with Crippen molar-refractivity contribution in [1.29, 1.82) is 0 Å². The standard InChI is InChI=1S/C23H23F5N6O/c1-13-19(14(2)35-32-13)16-7-18-21(29-8-16)20(17-9-30-33(11-17)12-23(26,27)28)31-34(18)10-15-3-5-22(24,25)6-4-15/h7-9,11,15H,3-6,10,12H2,1-2H3/i10D2. The van der Waals surface area contributed by atoms with Gasteiger partial charge < -0.3 is 4.52 Å². The van der Waals surface area contributed by atoms with Crippen LogP contribution < -0.4 is 0 Å². The molecule has 0 amide bonds. The largest absolute Gasteiger partial charge is 0.408 e. The highest BCUT2D eigenvalue weighted by Crippen LogP contribution is 2.38. The van der Waals surface area contributed by atoms with Crippen LogP contribution in [0.5, 0.6) is 0 Å². The smallest absolute Gasteiger partial charge is 0.361 e. The summed E-state index contributed by atoms with van der Waals surface area (Å²) in [4.78, 5) is 4.48. The Balaban J connectivity index is 1.65. The van der Waals surface area contributed by atoms with Gasteiger partial charge in [0.2, 0.25) is 5.92 Å². The van der Waals surface area contributed by atoms with E-state index >= 15 is 0 Å². The van der Waals surface area contributed by atoms with Gasteiger partial charge >= 0.3 is 6.18 Å². The zero-order valence-corrected chi connectivity index (χ0v) is 18.9. The van der Waals surface area contributed by atoms with Crippen molar-refractivity contribution in [3.63, 3.8) is 0 Å². The predicted molar refractivity (Wildman–Crippen MR) is 117 cm³/mol. The van der Waals surface area contributed by atoms with E-state index in [0.717, 1.165) is 9.36 Å². The monoisotopic (exact) mass is 496 g/mol. The molecule has 0 N–H and O–H groups in total. The van der Waals surface area contributed by atoms with Gasteiger partial charge in [0.25, 0.3) is 0 Å². The molecule has 0 spiro atoms. The molecular formula is C23H23F5N6O. The van der Waals surface area contributed by atoms with Crippen LogP contribution in [0.4, 0.5) is 22.0 Å². The minimum atomic E-state index is -4.48. The maximum absolute atomic E-state index is 13.8. The van der Waals surface area contributed by atoms with Crippen LogP contribution in [0.25, 0.3) is 33.4 Å². The molecule has 1 aliphatic carbocycles. The number of nitrogens with zero attached hydrogens (tertiary/aromatic N) is 6. The number of fused-ring (bicyclic) bond motifs is 1. The lowest BCUT2D eigenvalue weighted by atomic mass is 9.87. The van der Waals surface area contributed by atoms with E-state index in [-0.39, 0.29) is 35.1 Å². The fraction of sp³-hybridized carbons (Fsp3) is 0.478. The molecule has 4 heterocycles. The second kappa shape index (κ2) is 8.42. The first kappa shape index (κ1) is 21.0. The summed E-state index contributed by atoms with van der Waals surface area (Å²) in [5.74, 6) is -3.07. The molecule has 0 unspecified atom stereocenters. The molecule has 0 saturated heterocycles. The fourth-order valence-corrected chi connectivity index (χ4v) is 4.42. The van der Waals surface area contributed by atoms with Gasteiger partial charge in [0, 0.05) is 48.4 Å². The predicted octanol–water partition coefficient (Wildman–Crippen LogP) is 5.95. The van der Waals surface area contributed by atoms with Crippen LogP contribution in [0.2, 0.25) is 0 Å². The van der Waals surface area contributed by atoms with Crippen LogP contribution >= 0.6 is 0 Å². The van der Waals surface area contributed by atoms with Gasteiger partial charge in [-0.25, -0.2) is 8.78 Å². The summed E-state index contributed by atoms with van der Waals surface area (Å²) in [5, 5.41) is 12.1. The Labute approximate surface area is 199 Å². The Kier molecular flexibility index (Phi) is 5.05. The van der Waals surface area contributed by atoms with E-state index < -0.39 is 43.9 Å². The second-order valence-electron chi connectivity index (χ2n) is 8.85. The highest BCUT2D eigenvalue weighted by molar-refractivity contribution is 5.92. The van der Waals surface area contributed by atoms with Crippen LogP contribution in [0, 0.1) is 19.8 Å². The molecule has 1 saturated carbocycles. The summed E-state index contributed by atoms with van der Waals surface area (Å²) in [5.41, 5.74) is 2.70. The molecule has 0 bridgehead atoms. The number of aromatic nitrogens is 6. The lowest BCUT2D eigenvalue weighted by molar-refractivity contribution is -0.142. The first-order valence-electron chi connectivity index (χ1n) is 12.0. The third-order valence-corrected chi connectivity index (χ3v) is 6.11. The van der Waals surface area contributed by atoms with Crippen molar-refractivity contribution in [2.45, 2.75) is 64.7 Å². The van der Waals surface area contributed by atoms with Crippen molar-refractivity contribution in [3.8, 4) is 22.4 Å². The summed E-state index contributed by atoms with van der Waals surface area (Å²) >= 11 is 0. The van der Waals surface area contributed by atoms with Crippen LogP contribution in [0.15, 0.2) is 29.2 Å². The van der Waals surface area contributed by atoms with Crippen molar-refractivity contribution >= 4 is 11.0 Å². The van der Waals surface area contributed by atoms with Crippen LogP contribution in [-0.4, -0.2) is 41.8 Å². The number of halogens is 5. The first-order valence-corrected chi connectivity index (χ1v) is 11.0. The molecule has 4 aromatic rings. The van der Waals surface area contributed by atoms with E-state index in [1.54, 1.807) is 19.9 Å². The third kappa shape index (κ3) is 4.78. The van der Waals surface area contributed by atoms with Crippen molar-refractivity contribution < 1.29 is 29.2 Å². The van der Waals surface area contributed by atoms with Crippen molar-refractivity contribution in [1.82, 2.24) is 29.7 Å². The van der Waals surface area contributed by atoms with Crippen molar-refractivity contribution in [2.24, 2.45) is 5.92 Å². The Hall–Kier alpha value is -3.31. The van der Waals surface area contributed by atoms with Crippen LogP contribution in [0.1, 0.15) is 39.9 Å². The molecule has 1 aliphatic rings. The first-order chi connectivity index (χ1) is 17.2. The lowest BCUT2D eigenvalue weighted by Crippen LogP contribution is -2.27. The fourth-order valence-electron chi connectivity index (χ4n) is 4.42. The summed E-state index contributed by atoms with van der Waals surface area (Å²) in [6, 6.07) is 1.65. The van der Waals surface area contributed by atoms with Gasteiger partial charge in [-0.3, -0.25) is 14.3 Å². The maximum Gasteiger partial charge on any atom is 0.408 e. The molecule has 0 radical (unpaired) electrons. The highest BCUT2D eigenvalue weighted by atomic mass is 19.4. The van der Waals surface area contributed by atoms with Gasteiger partial charge in [-0.15, -0.1) is 0 Å². The van der Waals surface area contributed by atoms with Crippen LogP contribution in [0.3, 0.4) is 0 Å². The van der Waals surface area contributed by atoms with Crippen molar-refractivity contribution in [2.75, 3.05) is 0 Å².